The lowest BCUT2D eigenvalue weighted by molar-refractivity contribution is 0.668. The Morgan fingerprint density at radius 3 is 1.70 bits per heavy atom. The summed E-state index contributed by atoms with van der Waals surface area (Å²) in [6.07, 6.45) is 0. The van der Waals surface area contributed by atoms with Crippen LogP contribution in [0.2, 0.25) is 0 Å². The van der Waals surface area contributed by atoms with Crippen molar-refractivity contribution in [2.24, 2.45) is 0 Å². The summed E-state index contributed by atoms with van der Waals surface area (Å²) in [5.74, 6) is 0. The fourth-order valence-electron chi connectivity index (χ4n) is 7.67. The molecule has 0 atom stereocenters. The smallest absolute Gasteiger partial charge is 0.137 e. The van der Waals surface area contributed by atoms with Crippen LogP contribution in [0.25, 0.3) is 86.9 Å². The highest BCUT2D eigenvalue weighted by molar-refractivity contribution is 7.22. The molecule has 0 fully saturated rings. The molecule has 0 saturated heterocycles. The lowest BCUT2D eigenvalue weighted by Gasteiger charge is -2.26. The average molecular weight is 711 g/mol. The minimum absolute atomic E-state index is 0.863. The van der Waals surface area contributed by atoms with Gasteiger partial charge in [0.05, 0.1) is 10.2 Å². The third kappa shape index (κ3) is 5.09. The Hall–Kier alpha value is -6.95. The van der Waals surface area contributed by atoms with Gasteiger partial charge in [-0.05, 0) is 89.0 Å². The van der Waals surface area contributed by atoms with E-state index in [9.17, 15) is 0 Å². The molecule has 3 aromatic heterocycles. The molecule has 0 radical (unpaired) electrons. The first kappa shape index (κ1) is 30.7. The monoisotopic (exact) mass is 710 g/mol. The quantitative estimate of drug-likeness (QED) is 0.172. The van der Waals surface area contributed by atoms with E-state index < -0.39 is 0 Å². The number of hydrogen-bond acceptors (Lipinski definition) is 5. The van der Waals surface area contributed by atoms with Crippen molar-refractivity contribution in [2.45, 2.75) is 0 Å². The van der Waals surface area contributed by atoms with E-state index in [-0.39, 0.29) is 0 Å². The van der Waals surface area contributed by atoms with Gasteiger partial charge < -0.3 is 13.7 Å². The van der Waals surface area contributed by atoms with Gasteiger partial charge in [0.1, 0.15) is 27.3 Å². The molecular formula is C49H30N2O2S. The Labute approximate surface area is 314 Å². The zero-order valence-corrected chi connectivity index (χ0v) is 29.8. The number of hydrogen-bond donors (Lipinski definition) is 0. The van der Waals surface area contributed by atoms with Crippen molar-refractivity contribution < 1.29 is 8.83 Å². The van der Waals surface area contributed by atoms with Gasteiger partial charge in [-0.25, -0.2) is 4.98 Å². The molecule has 0 saturated carbocycles. The molecule has 4 nitrogen and oxygen atoms in total. The molecule has 5 heteroatoms. The first-order valence-electron chi connectivity index (χ1n) is 18.0. The number of aromatic nitrogens is 1. The van der Waals surface area contributed by atoms with Crippen molar-refractivity contribution in [3.63, 3.8) is 0 Å². The van der Waals surface area contributed by atoms with Crippen LogP contribution in [0.1, 0.15) is 0 Å². The van der Waals surface area contributed by atoms with Gasteiger partial charge in [-0.2, -0.15) is 0 Å². The normalized spacial score (nSPS) is 11.7. The molecule has 11 rings (SSSR count). The summed E-state index contributed by atoms with van der Waals surface area (Å²) in [6, 6.07) is 63.8. The lowest BCUT2D eigenvalue weighted by Crippen LogP contribution is -2.09. The number of nitrogens with zero attached hydrogens (tertiary/aromatic N) is 2. The molecule has 11 aromatic rings. The summed E-state index contributed by atoms with van der Waals surface area (Å²) >= 11 is 1.72. The summed E-state index contributed by atoms with van der Waals surface area (Å²) in [5, 5.41) is 5.47. The Morgan fingerprint density at radius 1 is 0.389 bits per heavy atom. The highest BCUT2D eigenvalue weighted by atomic mass is 32.1. The van der Waals surface area contributed by atoms with E-state index in [1.54, 1.807) is 11.3 Å². The molecule has 0 spiro atoms. The van der Waals surface area contributed by atoms with Crippen molar-refractivity contribution in [1.82, 2.24) is 4.98 Å². The topological polar surface area (TPSA) is 42.4 Å². The Morgan fingerprint density at radius 2 is 0.944 bits per heavy atom. The zero-order chi connectivity index (χ0) is 35.6. The van der Waals surface area contributed by atoms with Crippen LogP contribution in [0.3, 0.4) is 0 Å². The summed E-state index contributed by atoms with van der Waals surface area (Å²) in [5.41, 5.74) is 13.3. The Bertz CT molecular complexity index is 3140. The Kier molecular flexibility index (Phi) is 7.00. The van der Waals surface area contributed by atoms with E-state index in [1.807, 2.05) is 30.3 Å². The van der Waals surface area contributed by atoms with Gasteiger partial charge in [0, 0.05) is 50.2 Å². The molecule has 0 aliphatic rings. The molecule has 0 aliphatic heterocycles. The SMILES string of the molecule is c1ccc(-c2ccc(N(c3ccc(-c4ccc5c(c4)oc4ccc6nc(-c7ccccc7)sc6c45)cc3)c3ccc4c(c3)oc3ccccc34)cc2)cc1. The number of rotatable bonds is 6. The number of thiazole rings is 1. The zero-order valence-electron chi connectivity index (χ0n) is 28.9. The minimum Gasteiger partial charge on any atom is -0.456 e. The first-order valence-corrected chi connectivity index (χ1v) is 18.8. The number of anilines is 3. The number of furan rings is 2. The summed E-state index contributed by atoms with van der Waals surface area (Å²) in [7, 11) is 0. The molecule has 0 unspecified atom stereocenters. The lowest BCUT2D eigenvalue weighted by atomic mass is 10.0. The minimum atomic E-state index is 0.863. The molecule has 8 aromatic carbocycles. The number of para-hydroxylation sites is 1. The van der Waals surface area contributed by atoms with Crippen LogP contribution in [0.5, 0.6) is 0 Å². The van der Waals surface area contributed by atoms with Crippen LogP contribution >= 0.6 is 11.3 Å². The summed E-state index contributed by atoms with van der Waals surface area (Å²) in [4.78, 5) is 7.25. The molecule has 3 heterocycles. The number of fused-ring (bicyclic) bond motifs is 8. The molecule has 0 aliphatic carbocycles. The number of benzene rings is 8. The van der Waals surface area contributed by atoms with Crippen molar-refractivity contribution >= 4 is 82.5 Å². The van der Waals surface area contributed by atoms with Gasteiger partial charge in [0.15, 0.2) is 0 Å². The van der Waals surface area contributed by atoms with Crippen LogP contribution in [0, 0.1) is 0 Å². The second kappa shape index (κ2) is 12.3. The van der Waals surface area contributed by atoms with Crippen LogP contribution < -0.4 is 4.90 Å². The largest absolute Gasteiger partial charge is 0.456 e. The molecule has 254 valence electrons. The second-order valence-corrected chi connectivity index (χ2v) is 14.6. The maximum absolute atomic E-state index is 6.48. The van der Waals surface area contributed by atoms with E-state index in [4.69, 9.17) is 13.8 Å². The van der Waals surface area contributed by atoms with Crippen LogP contribution in [0.15, 0.2) is 191 Å². The van der Waals surface area contributed by atoms with Crippen LogP contribution in [0.4, 0.5) is 17.1 Å². The van der Waals surface area contributed by atoms with E-state index in [1.165, 1.54) is 11.1 Å². The standard InChI is InChI=1S/C49H30N2O2S/c1-3-9-31(10-4-1)32-15-20-36(21-16-32)51(38-24-26-40-39-13-7-8-14-43(39)52-46(40)30-38)37-22-17-33(18-23-37)35-19-25-41-45(29-35)53-44-28-27-42-48(47(41)44)54-49(50-42)34-11-5-2-6-12-34/h1-30H. The van der Waals surface area contributed by atoms with Crippen LogP contribution in [-0.2, 0) is 0 Å². The molecule has 0 bridgehead atoms. The Balaban J connectivity index is 0.977. The fourth-order valence-corrected chi connectivity index (χ4v) is 8.79. The molecule has 0 amide bonds. The molecule has 54 heavy (non-hydrogen) atoms. The van der Waals surface area contributed by atoms with E-state index in [2.05, 4.69) is 157 Å². The van der Waals surface area contributed by atoms with Crippen molar-refractivity contribution in [3.05, 3.63) is 182 Å². The van der Waals surface area contributed by atoms with E-state index in [0.29, 0.717) is 0 Å². The van der Waals surface area contributed by atoms with Crippen LogP contribution in [-0.4, -0.2) is 4.98 Å². The summed E-state index contributed by atoms with van der Waals surface area (Å²) in [6.45, 7) is 0. The summed E-state index contributed by atoms with van der Waals surface area (Å²) < 4.78 is 14.0. The third-order valence-corrected chi connectivity index (χ3v) is 11.5. The average Bonchev–Trinajstić information content (AvgIpc) is 3.95. The maximum Gasteiger partial charge on any atom is 0.137 e. The van der Waals surface area contributed by atoms with E-state index >= 15 is 0 Å². The highest BCUT2D eigenvalue weighted by Gasteiger charge is 2.18. The van der Waals surface area contributed by atoms with E-state index in [0.717, 1.165) is 92.9 Å². The fraction of sp³-hybridized carbons (Fsp3) is 0. The van der Waals surface area contributed by atoms with Gasteiger partial charge in [-0.1, -0.05) is 109 Å². The van der Waals surface area contributed by atoms with Gasteiger partial charge in [-0.15, -0.1) is 11.3 Å². The second-order valence-electron chi connectivity index (χ2n) is 13.6. The highest BCUT2D eigenvalue weighted by Crippen LogP contribution is 2.42. The van der Waals surface area contributed by atoms with Gasteiger partial charge >= 0.3 is 0 Å². The predicted molar refractivity (Wildman–Crippen MR) is 225 cm³/mol. The predicted octanol–water partition coefficient (Wildman–Crippen LogP) is 14.6. The van der Waals surface area contributed by atoms with Gasteiger partial charge in [0.2, 0.25) is 0 Å². The van der Waals surface area contributed by atoms with Gasteiger partial charge in [-0.3, -0.25) is 0 Å². The van der Waals surface area contributed by atoms with Crippen molar-refractivity contribution in [1.29, 1.82) is 0 Å². The third-order valence-electron chi connectivity index (χ3n) is 10.3. The van der Waals surface area contributed by atoms with Crippen molar-refractivity contribution in [3.8, 4) is 32.8 Å². The van der Waals surface area contributed by atoms with Crippen molar-refractivity contribution in [2.75, 3.05) is 4.90 Å². The van der Waals surface area contributed by atoms with Gasteiger partial charge in [0.25, 0.3) is 0 Å². The maximum atomic E-state index is 6.48. The molecule has 0 N–H and O–H groups in total. The first-order chi connectivity index (χ1) is 26.7. The molecular weight excluding hydrogens is 681 g/mol.